The number of rotatable bonds is 1. The van der Waals surface area contributed by atoms with Crippen LogP contribution in [0.4, 0.5) is 5.82 Å². The third kappa shape index (κ3) is 2.60. The SMILES string of the molecule is Cc1[nH]nc(N)c1C(=O)N1CCCCCCC1. The van der Waals surface area contributed by atoms with Crippen LogP contribution in [0.25, 0.3) is 0 Å². The Hall–Kier alpha value is -1.52. The van der Waals surface area contributed by atoms with E-state index in [9.17, 15) is 4.79 Å². The number of nitrogen functional groups attached to an aromatic ring is 1. The van der Waals surface area contributed by atoms with Crippen LogP contribution in [0.2, 0.25) is 0 Å². The molecule has 0 aromatic carbocycles. The van der Waals surface area contributed by atoms with Gasteiger partial charge in [-0.25, -0.2) is 0 Å². The molecule has 0 saturated carbocycles. The lowest BCUT2D eigenvalue weighted by molar-refractivity contribution is 0.0743. The Morgan fingerprint density at radius 1 is 1.24 bits per heavy atom. The maximum atomic E-state index is 12.4. The predicted octanol–water partition coefficient (Wildman–Crippen LogP) is 1.71. The molecule has 2 heterocycles. The Morgan fingerprint density at radius 3 is 2.35 bits per heavy atom. The van der Waals surface area contributed by atoms with Crippen molar-refractivity contribution in [2.45, 2.75) is 39.0 Å². The molecule has 0 radical (unpaired) electrons. The summed E-state index contributed by atoms with van der Waals surface area (Å²) in [5, 5.41) is 6.64. The van der Waals surface area contributed by atoms with Crippen molar-refractivity contribution in [1.29, 1.82) is 0 Å². The highest BCUT2D eigenvalue weighted by atomic mass is 16.2. The van der Waals surface area contributed by atoms with Crippen LogP contribution in [0.15, 0.2) is 0 Å². The van der Waals surface area contributed by atoms with E-state index in [4.69, 9.17) is 5.73 Å². The summed E-state index contributed by atoms with van der Waals surface area (Å²) in [4.78, 5) is 14.3. The van der Waals surface area contributed by atoms with Gasteiger partial charge in [-0.1, -0.05) is 19.3 Å². The molecule has 1 aliphatic heterocycles. The Kier molecular flexibility index (Phi) is 3.66. The van der Waals surface area contributed by atoms with E-state index in [2.05, 4.69) is 10.2 Å². The van der Waals surface area contributed by atoms with Crippen LogP contribution in [-0.4, -0.2) is 34.1 Å². The Bertz CT molecular complexity index is 372. The summed E-state index contributed by atoms with van der Waals surface area (Å²) >= 11 is 0. The maximum absolute atomic E-state index is 12.4. The molecular weight excluding hydrogens is 216 g/mol. The van der Waals surface area contributed by atoms with E-state index in [1.807, 2.05) is 11.8 Å². The number of H-pyrrole nitrogens is 1. The summed E-state index contributed by atoms with van der Waals surface area (Å²) in [7, 11) is 0. The normalized spacial score (nSPS) is 17.6. The highest BCUT2D eigenvalue weighted by molar-refractivity contribution is 5.99. The van der Waals surface area contributed by atoms with Gasteiger partial charge in [0.05, 0.1) is 0 Å². The van der Waals surface area contributed by atoms with Crippen LogP contribution >= 0.6 is 0 Å². The van der Waals surface area contributed by atoms with Gasteiger partial charge in [0.2, 0.25) is 0 Å². The highest BCUT2D eigenvalue weighted by Crippen LogP contribution is 2.18. The topological polar surface area (TPSA) is 75.0 Å². The molecule has 0 aliphatic carbocycles. The smallest absolute Gasteiger partial charge is 0.259 e. The molecule has 1 fully saturated rings. The number of carbonyl (C=O) groups is 1. The van der Waals surface area contributed by atoms with Crippen molar-refractivity contribution in [1.82, 2.24) is 15.1 Å². The number of amides is 1. The van der Waals surface area contributed by atoms with Gasteiger partial charge >= 0.3 is 0 Å². The lowest BCUT2D eigenvalue weighted by atomic mass is 10.1. The molecule has 0 bridgehead atoms. The van der Waals surface area contributed by atoms with E-state index in [1.54, 1.807) is 0 Å². The predicted molar refractivity (Wildman–Crippen MR) is 66.7 cm³/mol. The molecule has 1 aromatic heterocycles. The van der Waals surface area contributed by atoms with E-state index in [0.717, 1.165) is 31.6 Å². The first-order chi connectivity index (χ1) is 8.20. The van der Waals surface area contributed by atoms with Crippen molar-refractivity contribution in [2.75, 3.05) is 18.8 Å². The van der Waals surface area contributed by atoms with Gasteiger partial charge in [-0.3, -0.25) is 9.89 Å². The number of carbonyl (C=O) groups excluding carboxylic acids is 1. The molecular formula is C12H20N4O. The summed E-state index contributed by atoms with van der Waals surface area (Å²) < 4.78 is 0. The van der Waals surface area contributed by atoms with E-state index >= 15 is 0 Å². The van der Waals surface area contributed by atoms with Gasteiger partial charge < -0.3 is 10.6 Å². The number of aromatic amines is 1. The average molecular weight is 236 g/mol. The minimum atomic E-state index is 0.0238. The van der Waals surface area contributed by atoms with Crippen LogP contribution in [-0.2, 0) is 0 Å². The number of nitrogens with zero attached hydrogens (tertiary/aromatic N) is 2. The van der Waals surface area contributed by atoms with Crippen molar-refractivity contribution >= 4 is 11.7 Å². The minimum absolute atomic E-state index is 0.0238. The molecule has 94 valence electrons. The molecule has 0 spiro atoms. The van der Waals surface area contributed by atoms with Crippen molar-refractivity contribution in [2.24, 2.45) is 0 Å². The van der Waals surface area contributed by atoms with Crippen LogP contribution < -0.4 is 5.73 Å². The number of nitrogens with one attached hydrogen (secondary N) is 1. The fraction of sp³-hybridized carbons (Fsp3) is 0.667. The lowest BCUT2D eigenvalue weighted by Crippen LogP contribution is -2.34. The minimum Gasteiger partial charge on any atom is -0.382 e. The molecule has 1 aliphatic rings. The second kappa shape index (κ2) is 5.21. The highest BCUT2D eigenvalue weighted by Gasteiger charge is 2.22. The number of aromatic nitrogens is 2. The van der Waals surface area contributed by atoms with Gasteiger partial charge in [0, 0.05) is 18.8 Å². The quantitative estimate of drug-likeness (QED) is 0.779. The molecule has 5 heteroatoms. The Labute approximate surface area is 101 Å². The van der Waals surface area contributed by atoms with E-state index in [0.29, 0.717) is 11.4 Å². The Morgan fingerprint density at radius 2 is 1.82 bits per heavy atom. The molecule has 1 aromatic rings. The summed E-state index contributed by atoms with van der Waals surface area (Å²) in [5.41, 5.74) is 7.03. The second-order valence-corrected chi connectivity index (χ2v) is 4.67. The van der Waals surface area contributed by atoms with E-state index in [-0.39, 0.29) is 5.91 Å². The summed E-state index contributed by atoms with van der Waals surface area (Å²) in [6, 6.07) is 0. The summed E-state index contributed by atoms with van der Waals surface area (Å²) in [5.74, 6) is 0.338. The molecule has 0 unspecified atom stereocenters. The summed E-state index contributed by atoms with van der Waals surface area (Å²) in [6.07, 6.45) is 5.88. The summed E-state index contributed by atoms with van der Waals surface area (Å²) in [6.45, 7) is 3.51. The van der Waals surface area contributed by atoms with Crippen LogP contribution in [0.1, 0.15) is 48.2 Å². The zero-order chi connectivity index (χ0) is 12.3. The molecule has 1 amide bonds. The first-order valence-corrected chi connectivity index (χ1v) is 6.30. The molecule has 17 heavy (non-hydrogen) atoms. The number of hydrogen-bond donors (Lipinski definition) is 2. The van der Waals surface area contributed by atoms with E-state index in [1.165, 1.54) is 19.3 Å². The van der Waals surface area contributed by atoms with Gasteiger partial charge in [0.15, 0.2) is 5.82 Å². The molecule has 3 N–H and O–H groups in total. The number of hydrogen-bond acceptors (Lipinski definition) is 3. The van der Waals surface area contributed by atoms with Crippen molar-refractivity contribution in [3.63, 3.8) is 0 Å². The number of nitrogens with two attached hydrogens (primary N) is 1. The zero-order valence-corrected chi connectivity index (χ0v) is 10.3. The van der Waals surface area contributed by atoms with Gasteiger partial charge in [-0.15, -0.1) is 0 Å². The first kappa shape index (κ1) is 12.0. The average Bonchev–Trinajstić information content (AvgIpc) is 2.57. The first-order valence-electron chi connectivity index (χ1n) is 6.30. The van der Waals surface area contributed by atoms with Crippen molar-refractivity contribution < 1.29 is 4.79 Å². The molecule has 0 atom stereocenters. The number of aryl methyl sites for hydroxylation is 1. The van der Waals surface area contributed by atoms with Gasteiger partial charge in [-0.05, 0) is 19.8 Å². The number of likely N-dealkylation sites (tertiary alicyclic amines) is 1. The number of anilines is 1. The van der Waals surface area contributed by atoms with Gasteiger partial charge in [0.1, 0.15) is 5.56 Å². The molecule has 5 nitrogen and oxygen atoms in total. The van der Waals surface area contributed by atoms with Crippen LogP contribution in [0, 0.1) is 6.92 Å². The standard InChI is InChI=1S/C12H20N4O/c1-9-10(11(13)15-14-9)12(17)16-7-5-3-2-4-6-8-16/h2-8H2,1H3,(H3,13,14,15). The van der Waals surface area contributed by atoms with E-state index < -0.39 is 0 Å². The Balaban J connectivity index is 2.12. The van der Waals surface area contributed by atoms with Crippen molar-refractivity contribution in [3.05, 3.63) is 11.3 Å². The second-order valence-electron chi connectivity index (χ2n) is 4.67. The largest absolute Gasteiger partial charge is 0.382 e. The fourth-order valence-corrected chi connectivity index (χ4v) is 2.33. The lowest BCUT2D eigenvalue weighted by Gasteiger charge is -2.24. The van der Waals surface area contributed by atoms with Gasteiger partial charge in [0.25, 0.3) is 5.91 Å². The maximum Gasteiger partial charge on any atom is 0.259 e. The van der Waals surface area contributed by atoms with Gasteiger partial charge in [-0.2, -0.15) is 5.10 Å². The zero-order valence-electron chi connectivity index (χ0n) is 10.3. The van der Waals surface area contributed by atoms with Crippen molar-refractivity contribution in [3.8, 4) is 0 Å². The van der Waals surface area contributed by atoms with Crippen LogP contribution in [0.3, 0.4) is 0 Å². The monoisotopic (exact) mass is 236 g/mol. The fourth-order valence-electron chi connectivity index (χ4n) is 2.33. The molecule has 2 rings (SSSR count). The molecule has 1 saturated heterocycles. The third-order valence-electron chi connectivity index (χ3n) is 3.33. The van der Waals surface area contributed by atoms with Crippen LogP contribution in [0.5, 0.6) is 0 Å². The third-order valence-corrected chi connectivity index (χ3v) is 3.33.